The summed E-state index contributed by atoms with van der Waals surface area (Å²) >= 11 is 3.18. The summed E-state index contributed by atoms with van der Waals surface area (Å²) in [6.07, 6.45) is 2.97. The lowest BCUT2D eigenvalue weighted by molar-refractivity contribution is 1.15. The monoisotopic (exact) mass is 225 g/mol. The first-order valence-electron chi connectivity index (χ1n) is 3.27. The van der Waals surface area contributed by atoms with E-state index in [1.54, 1.807) is 12.3 Å². The Morgan fingerprint density at radius 3 is 3.00 bits per heavy atom. The summed E-state index contributed by atoms with van der Waals surface area (Å²) in [6, 6.07) is 1.69. The highest BCUT2D eigenvalue weighted by atomic mass is 79.9. The summed E-state index contributed by atoms with van der Waals surface area (Å²) in [5, 5.41) is 0.486. The van der Waals surface area contributed by atoms with Crippen molar-refractivity contribution < 1.29 is 0 Å². The molecule has 5 heteroatoms. The van der Waals surface area contributed by atoms with Gasteiger partial charge in [0.25, 0.3) is 5.56 Å². The van der Waals surface area contributed by atoms with Gasteiger partial charge < -0.3 is 4.98 Å². The highest BCUT2D eigenvalue weighted by Crippen LogP contribution is 2.14. The minimum atomic E-state index is -0.181. The summed E-state index contributed by atoms with van der Waals surface area (Å²) < 4.78 is 0.523. The second-order valence-corrected chi connectivity index (χ2v) is 2.98. The molecule has 0 aliphatic heterocycles. The number of rotatable bonds is 0. The van der Waals surface area contributed by atoms with Gasteiger partial charge in [0.15, 0.2) is 0 Å². The van der Waals surface area contributed by atoms with Crippen molar-refractivity contribution in [3.8, 4) is 0 Å². The molecule has 4 nitrogen and oxygen atoms in total. The number of halogens is 1. The van der Waals surface area contributed by atoms with Crippen molar-refractivity contribution in [2.75, 3.05) is 0 Å². The Morgan fingerprint density at radius 2 is 2.25 bits per heavy atom. The van der Waals surface area contributed by atoms with E-state index in [9.17, 15) is 4.79 Å². The van der Waals surface area contributed by atoms with Crippen LogP contribution in [0.25, 0.3) is 10.9 Å². The SMILES string of the molecule is O=c1[nH]cnc2ccnc(Br)c12. The van der Waals surface area contributed by atoms with Crippen LogP contribution in [0.1, 0.15) is 0 Å². The van der Waals surface area contributed by atoms with E-state index in [0.717, 1.165) is 0 Å². The smallest absolute Gasteiger partial charge is 0.261 e. The van der Waals surface area contributed by atoms with Crippen LogP contribution in [0.2, 0.25) is 0 Å². The van der Waals surface area contributed by atoms with Crippen LogP contribution in [0.3, 0.4) is 0 Å². The summed E-state index contributed by atoms with van der Waals surface area (Å²) in [5.41, 5.74) is 0.459. The Morgan fingerprint density at radius 1 is 1.42 bits per heavy atom. The molecule has 0 aliphatic carbocycles. The molecule has 0 unspecified atom stereocenters. The van der Waals surface area contributed by atoms with Gasteiger partial charge in [-0.3, -0.25) is 4.79 Å². The van der Waals surface area contributed by atoms with Crippen LogP contribution >= 0.6 is 15.9 Å². The Kier molecular flexibility index (Phi) is 1.65. The number of aromatic amines is 1. The second kappa shape index (κ2) is 2.67. The van der Waals surface area contributed by atoms with Gasteiger partial charge >= 0.3 is 0 Å². The lowest BCUT2D eigenvalue weighted by Gasteiger charge is -1.95. The fourth-order valence-corrected chi connectivity index (χ4v) is 1.48. The van der Waals surface area contributed by atoms with Crippen molar-refractivity contribution in [1.82, 2.24) is 15.0 Å². The third-order valence-electron chi connectivity index (χ3n) is 1.51. The molecule has 0 saturated carbocycles. The lowest BCUT2D eigenvalue weighted by Crippen LogP contribution is -2.07. The van der Waals surface area contributed by atoms with Gasteiger partial charge in [-0.2, -0.15) is 0 Å². The molecule has 60 valence electrons. The zero-order valence-electron chi connectivity index (χ0n) is 5.91. The molecule has 0 atom stereocenters. The molecule has 0 aromatic carbocycles. The fraction of sp³-hybridized carbons (Fsp3) is 0. The number of hydrogen-bond donors (Lipinski definition) is 1. The van der Waals surface area contributed by atoms with E-state index in [-0.39, 0.29) is 5.56 Å². The molecule has 12 heavy (non-hydrogen) atoms. The van der Waals surface area contributed by atoms with Gasteiger partial charge in [0, 0.05) is 6.20 Å². The zero-order chi connectivity index (χ0) is 8.55. The van der Waals surface area contributed by atoms with E-state index in [0.29, 0.717) is 15.5 Å². The molecule has 0 saturated heterocycles. The van der Waals surface area contributed by atoms with Crippen LogP contribution in [0, 0.1) is 0 Å². The van der Waals surface area contributed by atoms with Gasteiger partial charge in [-0.15, -0.1) is 0 Å². The van der Waals surface area contributed by atoms with Crippen molar-refractivity contribution in [3.63, 3.8) is 0 Å². The first kappa shape index (κ1) is 7.42. The van der Waals surface area contributed by atoms with Crippen LogP contribution in [0.4, 0.5) is 0 Å². The lowest BCUT2D eigenvalue weighted by atomic mass is 10.3. The van der Waals surface area contributed by atoms with Crippen LogP contribution in [-0.4, -0.2) is 15.0 Å². The first-order valence-corrected chi connectivity index (χ1v) is 4.06. The van der Waals surface area contributed by atoms with E-state index in [2.05, 4.69) is 30.9 Å². The Hall–Kier alpha value is -1.23. The minimum Gasteiger partial charge on any atom is -0.313 e. The first-order chi connectivity index (χ1) is 5.79. The molecule has 0 amide bonds. The van der Waals surface area contributed by atoms with Crippen LogP contribution in [0.15, 0.2) is 28.0 Å². The standard InChI is InChI=1S/C7H4BrN3O/c8-6-5-4(1-2-9-6)10-3-11-7(5)12/h1-3H,(H,10,11,12). The summed E-state index contributed by atoms with van der Waals surface area (Å²) in [4.78, 5) is 21.6. The van der Waals surface area contributed by atoms with Crippen molar-refractivity contribution >= 4 is 26.8 Å². The summed E-state index contributed by atoms with van der Waals surface area (Å²) in [5.74, 6) is 0. The van der Waals surface area contributed by atoms with E-state index in [1.807, 2.05) is 0 Å². The van der Waals surface area contributed by atoms with Gasteiger partial charge in [0.1, 0.15) is 4.60 Å². The predicted molar refractivity (Wildman–Crippen MR) is 47.9 cm³/mol. The highest BCUT2D eigenvalue weighted by Gasteiger charge is 2.02. The quantitative estimate of drug-likeness (QED) is 0.683. The largest absolute Gasteiger partial charge is 0.313 e. The number of hydrogen-bond acceptors (Lipinski definition) is 3. The summed E-state index contributed by atoms with van der Waals surface area (Å²) in [7, 11) is 0. The fourth-order valence-electron chi connectivity index (χ4n) is 0.977. The molecule has 0 fully saturated rings. The molecular formula is C7H4BrN3O. The van der Waals surface area contributed by atoms with Gasteiger partial charge in [-0.05, 0) is 22.0 Å². The molecule has 0 radical (unpaired) electrons. The van der Waals surface area contributed by atoms with Crippen molar-refractivity contribution in [2.24, 2.45) is 0 Å². The van der Waals surface area contributed by atoms with Crippen molar-refractivity contribution in [2.45, 2.75) is 0 Å². The Balaban J connectivity index is 3.07. The second-order valence-electron chi connectivity index (χ2n) is 2.23. The maximum Gasteiger partial charge on any atom is 0.261 e. The molecular weight excluding hydrogens is 222 g/mol. The van der Waals surface area contributed by atoms with Gasteiger partial charge in [0.05, 0.1) is 17.2 Å². The van der Waals surface area contributed by atoms with Gasteiger partial charge in [0.2, 0.25) is 0 Å². The minimum absolute atomic E-state index is 0.181. The van der Waals surface area contributed by atoms with Crippen LogP contribution in [-0.2, 0) is 0 Å². The highest BCUT2D eigenvalue weighted by molar-refractivity contribution is 9.10. The normalized spacial score (nSPS) is 10.4. The third-order valence-corrected chi connectivity index (χ3v) is 2.11. The Labute approximate surface area is 75.8 Å². The number of nitrogens with one attached hydrogen (secondary N) is 1. The Bertz CT molecular complexity index is 474. The topological polar surface area (TPSA) is 58.6 Å². The van der Waals surface area contributed by atoms with E-state index in [1.165, 1.54) is 6.33 Å². The molecule has 2 heterocycles. The van der Waals surface area contributed by atoms with Crippen LogP contribution < -0.4 is 5.56 Å². The molecule has 0 bridgehead atoms. The number of fused-ring (bicyclic) bond motifs is 1. The average Bonchev–Trinajstić information content (AvgIpc) is 2.04. The molecule has 2 rings (SSSR count). The molecule has 2 aromatic rings. The van der Waals surface area contributed by atoms with Crippen molar-refractivity contribution in [1.29, 1.82) is 0 Å². The average molecular weight is 226 g/mol. The predicted octanol–water partition coefficient (Wildman–Crippen LogP) is 1.08. The molecule has 1 N–H and O–H groups in total. The van der Waals surface area contributed by atoms with E-state index in [4.69, 9.17) is 0 Å². The number of nitrogens with zero attached hydrogens (tertiary/aromatic N) is 2. The zero-order valence-corrected chi connectivity index (χ0v) is 7.50. The third kappa shape index (κ3) is 1.02. The number of aromatic nitrogens is 3. The van der Waals surface area contributed by atoms with E-state index < -0.39 is 0 Å². The molecule has 2 aromatic heterocycles. The maximum atomic E-state index is 11.2. The van der Waals surface area contributed by atoms with Gasteiger partial charge in [-0.1, -0.05) is 0 Å². The summed E-state index contributed by atoms with van der Waals surface area (Å²) in [6.45, 7) is 0. The van der Waals surface area contributed by atoms with Gasteiger partial charge in [-0.25, -0.2) is 9.97 Å². The number of H-pyrrole nitrogens is 1. The van der Waals surface area contributed by atoms with E-state index >= 15 is 0 Å². The maximum absolute atomic E-state index is 11.2. The molecule has 0 aliphatic rings. The molecule has 0 spiro atoms. The van der Waals surface area contributed by atoms with Crippen molar-refractivity contribution in [3.05, 3.63) is 33.5 Å². The van der Waals surface area contributed by atoms with Crippen LogP contribution in [0.5, 0.6) is 0 Å². The number of pyridine rings is 1.